The molecule has 2 fully saturated rings. The fourth-order valence-electron chi connectivity index (χ4n) is 3.85. The smallest absolute Gasteiger partial charge is 0.274 e. The summed E-state index contributed by atoms with van der Waals surface area (Å²) in [5.74, 6) is 0.207. The average molecular weight is 333 g/mol. The van der Waals surface area contributed by atoms with E-state index in [4.69, 9.17) is 9.47 Å². The van der Waals surface area contributed by atoms with Gasteiger partial charge in [-0.25, -0.2) is 0 Å². The van der Waals surface area contributed by atoms with Crippen LogP contribution in [0.3, 0.4) is 0 Å². The summed E-state index contributed by atoms with van der Waals surface area (Å²) in [6.07, 6.45) is 4.05. The molecule has 0 saturated carbocycles. The Hall–Kier alpha value is -2.35. The van der Waals surface area contributed by atoms with Crippen molar-refractivity contribution < 1.29 is 19.2 Å². The van der Waals surface area contributed by atoms with Crippen LogP contribution in [0.2, 0.25) is 0 Å². The normalized spacial score (nSPS) is 27.6. The van der Waals surface area contributed by atoms with Gasteiger partial charge in [0.25, 0.3) is 11.6 Å². The van der Waals surface area contributed by atoms with Crippen molar-refractivity contribution in [2.24, 2.45) is 0 Å². The summed E-state index contributed by atoms with van der Waals surface area (Å²) in [7, 11) is 0. The quantitative estimate of drug-likeness (QED) is 0.640. The summed E-state index contributed by atoms with van der Waals surface area (Å²) >= 11 is 0. The Morgan fingerprint density at radius 3 is 2.62 bits per heavy atom. The highest BCUT2D eigenvalue weighted by Gasteiger charge is 2.35. The third-order valence-electron chi connectivity index (χ3n) is 4.89. The largest absolute Gasteiger partial charge is 0.486 e. The molecular weight excluding hydrogens is 314 g/mol. The van der Waals surface area contributed by atoms with E-state index in [1.165, 1.54) is 12.1 Å². The van der Waals surface area contributed by atoms with Gasteiger partial charge in [-0.15, -0.1) is 0 Å². The number of carbonyl (C=O) groups excluding carboxylic acids is 1. The number of rotatable bonds is 3. The summed E-state index contributed by atoms with van der Waals surface area (Å²) in [4.78, 5) is 23.3. The minimum absolute atomic E-state index is 0.0793. The van der Waals surface area contributed by atoms with Crippen molar-refractivity contribution in [1.29, 1.82) is 0 Å². The van der Waals surface area contributed by atoms with Gasteiger partial charge in [0.2, 0.25) is 0 Å². The molecular formula is C16H19N3O5. The average Bonchev–Trinajstić information content (AvgIpc) is 2.92. The van der Waals surface area contributed by atoms with Gasteiger partial charge in [-0.2, -0.15) is 0 Å². The first-order valence-corrected chi connectivity index (χ1v) is 8.25. The molecule has 1 amide bonds. The molecule has 24 heavy (non-hydrogen) atoms. The fraction of sp³-hybridized carbons (Fsp3) is 0.562. The molecule has 8 heteroatoms. The third-order valence-corrected chi connectivity index (χ3v) is 4.89. The van der Waals surface area contributed by atoms with Crippen molar-refractivity contribution in [3.05, 3.63) is 27.8 Å². The number of non-ortho nitro benzene ring substituents is 1. The first kappa shape index (κ1) is 15.2. The Morgan fingerprint density at radius 1 is 1.21 bits per heavy atom. The maximum Gasteiger partial charge on any atom is 0.274 e. The number of hydrogen-bond acceptors (Lipinski definition) is 6. The van der Waals surface area contributed by atoms with E-state index >= 15 is 0 Å². The van der Waals surface area contributed by atoms with E-state index in [2.05, 4.69) is 10.6 Å². The summed E-state index contributed by atoms with van der Waals surface area (Å²) in [6.45, 7) is 0.634. The first-order valence-electron chi connectivity index (χ1n) is 8.25. The highest BCUT2D eigenvalue weighted by molar-refractivity contribution is 5.98. The van der Waals surface area contributed by atoms with Gasteiger partial charge >= 0.3 is 0 Å². The van der Waals surface area contributed by atoms with Gasteiger partial charge in [-0.1, -0.05) is 0 Å². The van der Waals surface area contributed by atoms with Crippen LogP contribution >= 0.6 is 0 Å². The van der Waals surface area contributed by atoms with Crippen LogP contribution in [0.4, 0.5) is 5.69 Å². The lowest BCUT2D eigenvalue weighted by atomic mass is 9.99. The van der Waals surface area contributed by atoms with E-state index in [1.807, 2.05) is 0 Å². The molecule has 2 N–H and O–H groups in total. The second-order valence-corrected chi connectivity index (χ2v) is 6.55. The topological polar surface area (TPSA) is 103 Å². The maximum atomic E-state index is 12.7. The molecule has 0 aliphatic carbocycles. The minimum atomic E-state index is -0.528. The number of nitrogens with zero attached hydrogens (tertiary/aromatic N) is 1. The van der Waals surface area contributed by atoms with Gasteiger partial charge in [-0.05, 0) is 25.7 Å². The van der Waals surface area contributed by atoms with Crippen molar-refractivity contribution in [2.45, 2.75) is 43.8 Å². The third kappa shape index (κ3) is 2.77. The number of carbonyl (C=O) groups is 1. The molecule has 2 unspecified atom stereocenters. The molecule has 1 aromatic rings. The second-order valence-electron chi connectivity index (χ2n) is 6.55. The molecule has 3 heterocycles. The second kappa shape index (κ2) is 5.94. The standard InChI is InChI=1S/C16H19N3O5/c20-16(18-11-5-9-1-2-10(6-11)17-9)13-7-12(19(21)22)8-14-15(13)24-4-3-23-14/h7-11,17H,1-6H2,(H,18,20). The molecule has 0 aromatic heterocycles. The molecule has 1 aromatic carbocycles. The van der Waals surface area contributed by atoms with Gasteiger partial charge < -0.3 is 20.1 Å². The van der Waals surface area contributed by atoms with Crippen molar-refractivity contribution >= 4 is 11.6 Å². The van der Waals surface area contributed by atoms with Crippen molar-refractivity contribution in [2.75, 3.05) is 13.2 Å². The zero-order valence-electron chi connectivity index (χ0n) is 13.1. The van der Waals surface area contributed by atoms with Crippen molar-refractivity contribution in [1.82, 2.24) is 10.6 Å². The number of amides is 1. The Balaban J connectivity index is 1.59. The van der Waals surface area contributed by atoms with E-state index in [9.17, 15) is 14.9 Å². The molecule has 0 spiro atoms. The number of fused-ring (bicyclic) bond motifs is 3. The molecule has 2 atom stereocenters. The van der Waals surface area contributed by atoms with E-state index in [-0.39, 0.29) is 28.9 Å². The number of nitro groups is 1. The Labute approximate surface area is 138 Å². The van der Waals surface area contributed by atoms with E-state index in [0.29, 0.717) is 31.0 Å². The van der Waals surface area contributed by atoms with Crippen LogP contribution in [0, 0.1) is 10.1 Å². The lowest BCUT2D eigenvalue weighted by Crippen LogP contribution is -2.48. The lowest BCUT2D eigenvalue weighted by molar-refractivity contribution is -0.385. The molecule has 0 radical (unpaired) electrons. The Morgan fingerprint density at radius 2 is 1.92 bits per heavy atom. The van der Waals surface area contributed by atoms with Gasteiger partial charge in [0.15, 0.2) is 11.5 Å². The highest BCUT2D eigenvalue weighted by Crippen LogP contribution is 2.38. The number of nitro benzene ring substituents is 1. The van der Waals surface area contributed by atoms with E-state index in [0.717, 1.165) is 25.7 Å². The summed E-state index contributed by atoms with van der Waals surface area (Å²) in [6, 6.07) is 3.55. The highest BCUT2D eigenvalue weighted by atomic mass is 16.6. The fourth-order valence-corrected chi connectivity index (χ4v) is 3.85. The first-order chi connectivity index (χ1) is 11.6. The zero-order valence-corrected chi connectivity index (χ0v) is 13.1. The van der Waals surface area contributed by atoms with Crippen molar-refractivity contribution in [3.63, 3.8) is 0 Å². The number of nitrogens with one attached hydrogen (secondary N) is 2. The molecule has 2 bridgehead atoms. The number of piperidine rings is 1. The van der Waals surface area contributed by atoms with Crippen LogP contribution in [0.15, 0.2) is 12.1 Å². The monoisotopic (exact) mass is 333 g/mol. The van der Waals surface area contributed by atoms with E-state index < -0.39 is 4.92 Å². The van der Waals surface area contributed by atoms with Crippen molar-refractivity contribution in [3.8, 4) is 11.5 Å². The Kier molecular flexibility index (Phi) is 3.76. The van der Waals surface area contributed by atoms with Crippen LogP contribution in [0.5, 0.6) is 11.5 Å². The predicted octanol–water partition coefficient (Wildman–Crippen LogP) is 1.38. The van der Waals surface area contributed by atoms with Crippen LogP contribution in [-0.2, 0) is 0 Å². The molecule has 3 aliphatic heterocycles. The van der Waals surface area contributed by atoms with Gasteiger partial charge in [0.1, 0.15) is 13.2 Å². The van der Waals surface area contributed by atoms with Crippen LogP contribution < -0.4 is 20.1 Å². The lowest BCUT2D eigenvalue weighted by Gasteiger charge is -2.30. The summed E-state index contributed by atoms with van der Waals surface area (Å²) in [5, 5.41) is 17.7. The zero-order chi connectivity index (χ0) is 16.7. The minimum Gasteiger partial charge on any atom is -0.486 e. The summed E-state index contributed by atoms with van der Waals surface area (Å²) < 4.78 is 11.0. The molecule has 2 saturated heterocycles. The Bertz CT molecular complexity index is 681. The molecule has 128 valence electrons. The van der Waals surface area contributed by atoms with Crippen LogP contribution in [0.1, 0.15) is 36.0 Å². The van der Waals surface area contributed by atoms with E-state index in [1.54, 1.807) is 0 Å². The summed E-state index contributed by atoms with van der Waals surface area (Å²) in [5.41, 5.74) is -0.000408. The SMILES string of the molecule is O=C(NC1CC2CCC(C1)N2)c1cc([N+](=O)[O-])cc2c1OCCO2. The van der Waals surface area contributed by atoms with Crippen LogP contribution in [-0.4, -0.2) is 42.2 Å². The molecule has 3 aliphatic rings. The predicted molar refractivity (Wildman–Crippen MR) is 84.5 cm³/mol. The molecule has 4 rings (SSSR count). The van der Waals surface area contributed by atoms with Crippen LogP contribution in [0.25, 0.3) is 0 Å². The number of hydrogen-bond donors (Lipinski definition) is 2. The van der Waals surface area contributed by atoms with Gasteiger partial charge in [0.05, 0.1) is 16.6 Å². The molecule has 8 nitrogen and oxygen atoms in total. The number of benzene rings is 1. The maximum absolute atomic E-state index is 12.7. The van der Waals surface area contributed by atoms with Gasteiger partial charge in [-0.3, -0.25) is 14.9 Å². The van der Waals surface area contributed by atoms with Gasteiger partial charge in [0, 0.05) is 24.2 Å². The number of ether oxygens (including phenoxy) is 2.